The highest BCUT2D eigenvalue weighted by Gasteiger charge is 2.35. The van der Waals surface area contributed by atoms with E-state index in [-0.39, 0.29) is 17.2 Å². The number of benzene rings is 3. The van der Waals surface area contributed by atoms with Gasteiger partial charge in [-0.3, -0.25) is 0 Å². The molecule has 0 saturated heterocycles. The van der Waals surface area contributed by atoms with Gasteiger partial charge in [0.05, 0.1) is 10.1 Å². The fourth-order valence-corrected chi connectivity index (χ4v) is 4.35. The van der Waals surface area contributed by atoms with Crippen molar-refractivity contribution in [3.63, 3.8) is 0 Å². The van der Waals surface area contributed by atoms with Gasteiger partial charge in [0.25, 0.3) is 1.43 Å². The Bertz CT molecular complexity index is 915. The SMILES string of the molecule is [3H]Oc1ccc([C@H]2Oc3cc(C)cc(F)c3S[C@H]2c2ccccc2)cc1. The lowest BCUT2D eigenvalue weighted by Gasteiger charge is -2.34. The number of phenols is 1. The van der Waals surface area contributed by atoms with Crippen LogP contribution in [0.1, 0.15) is 28.0 Å². The second kappa shape index (κ2) is 6.45. The molecular formula is C21H17FO2S. The second-order valence-corrected chi connectivity index (χ2v) is 7.28. The van der Waals surface area contributed by atoms with Gasteiger partial charge in [0.2, 0.25) is 0 Å². The van der Waals surface area contributed by atoms with Crippen LogP contribution in [0.4, 0.5) is 4.39 Å². The van der Waals surface area contributed by atoms with Crippen molar-refractivity contribution in [3.05, 3.63) is 89.2 Å². The number of rotatable bonds is 3. The topological polar surface area (TPSA) is 29.5 Å². The normalized spacial score (nSPS) is 19.5. The van der Waals surface area contributed by atoms with Gasteiger partial charge in [0, 0.05) is 0 Å². The van der Waals surface area contributed by atoms with Crippen molar-refractivity contribution in [1.82, 2.24) is 0 Å². The number of fused-ring (bicyclic) bond motifs is 1. The molecule has 0 bridgehead atoms. The maximum Gasteiger partial charge on any atom is 0.293 e. The largest absolute Gasteiger partial charge is 0.508 e. The molecule has 25 heavy (non-hydrogen) atoms. The minimum atomic E-state index is -0.268. The van der Waals surface area contributed by atoms with E-state index in [1.807, 2.05) is 55.5 Å². The van der Waals surface area contributed by atoms with Crippen LogP contribution in [0, 0.1) is 12.7 Å². The Labute approximate surface area is 151 Å². The molecule has 0 spiro atoms. The smallest absolute Gasteiger partial charge is 0.293 e. The molecule has 0 aromatic heterocycles. The first-order valence-electron chi connectivity index (χ1n) is 8.48. The van der Waals surface area contributed by atoms with Crippen LogP contribution in [-0.4, -0.2) is 6.54 Å². The summed E-state index contributed by atoms with van der Waals surface area (Å²) in [4.78, 5) is 0.548. The lowest BCUT2D eigenvalue weighted by molar-refractivity contribution is 0.188. The number of hydrogen-bond acceptors (Lipinski definition) is 3. The molecule has 0 unspecified atom stereocenters. The third-order valence-electron chi connectivity index (χ3n) is 4.26. The molecule has 2 nitrogen and oxygen atoms in total. The average Bonchev–Trinajstić information content (AvgIpc) is 2.68. The zero-order chi connectivity index (χ0) is 18.1. The Morgan fingerprint density at radius 2 is 1.80 bits per heavy atom. The van der Waals surface area contributed by atoms with E-state index in [1.165, 1.54) is 17.8 Å². The summed E-state index contributed by atoms with van der Waals surface area (Å²) in [5.41, 5.74) is 2.87. The van der Waals surface area contributed by atoms with Gasteiger partial charge in [-0.1, -0.05) is 42.5 Å². The van der Waals surface area contributed by atoms with E-state index in [0.29, 0.717) is 16.4 Å². The van der Waals surface area contributed by atoms with Crippen LogP contribution >= 0.6 is 11.8 Å². The summed E-state index contributed by atoms with van der Waals surface area (Å²) in [6.07, 6.45) is -0.268. The van der Waals surface area contributed by atoms with Crippen molar-refractivity contribution in [3.8, 4) is 11.5 Å². The lowest BCUT2D eigenvalue weighted by atomic mass is 10.00. The minimum absolute atomic E-state index is 0.0799. The van der Waals surface area contributed by atoms with Crippen molar-refractivity contribution in [2.24, 2.45) is 0 Å². The van der Waals surface area contributed by atoms with Crippen molar-refractivity contribution in [2.45, 2.75) is 23.2 Å². The molecular weight excluding hydrogens is 335 g/mol. The Morgan fingerprint density at radius 3 is 2.52 bits per heavy atom. The Kier molecular flexibility index (Phi) is 3.83. The third-order valence-corrected chi connectivity index (χ3v) is 5.67. The van der Waals surface area contributed by atoms with Crippen LogP contribution in [0.15, 0.2) is 71.6 Å². The van der Waals surface area contributed by atoms with E-state index >= 15 is 0 Å². The summed E-state index contributed by atoms with van der Waals surface area (Å²) >= 11 is 1.49. The maximum absolute atomic E-state index is 14.5. The first-order valence-corrected chi connectivity index (χ1v) is 8.95. The number of aromatic hydroxyl groups is 1. The molecule has 1 heterocycles. The van der Waals surface area contributed by atoms with Gasteiger partial charge in [0.15, 0.2) is 0 Å². The predicted molar refractivity (Wildman–Crippen MR) is 97.7 cm³/mol. The maximum atomic E-state index is 14.5. The quantitative estimate of drug-likeness (QED) is 0.644. The van der Waals surface area contributed by atoms with E-state index in [1.54, 1.807) is 12.1 Å². The van der Waals surface area contributed by atoms with E-state index in [4.69, 9.17) is 6.17 Å². The van der Waals surface area contributed by atoms with E-state index in [0.717, 1.165) is 16.7 Å². The number of phenolic OH excluding ortho intramolecular Hbond substituents is 1. The van der Waals surface area contributed by atoms with Crippen molar-refractivity contribution in [2.75, 3.05) is 0 Å². The van der Waals surface area contributed by atoms with Crippen molar-refractivity contribution in [1.29, 1.82) is 1.43 Å². The lowest BCUT2D eigenvalue weighted by Crippen LogP contribution is -2.20. The standard InChI is InChI=1S/C21H17FO2S/c1-13-11-17(22)21-18(12-13)24-19(14-7-9-16(23)10-8-14)20(25-21)15-5-3-2-4-6-15/h2-12,19-20,23H,1H3/t19-,20+/m1/s1/i/hT. The summed E-state index contributed by atoms with van der Waals surface area (Å²) in [6.45, 7) is 1.86. The highest BCUT2D eigenvalue weighted by atomic mass is 32.2. The molecule has 4 heteroatoms. The number of thioether (sulfide) groups is 1. The number of aryl methyl sites for hydroxylation is 1. The summed E-state index contributed by atoms with van der Waals surface area (Å²) in [6, 6.07) is 20.7. The predicted octanol–water partition coefficient (Wildman–Crippen LogP) is 5.81. The summed E-state index contributed by atoms with van der Waals surface area (Å²) in [5, 5.41) is 4.43. The first kappa shape index (κ1) is 14.8. The van der Waals surface area contributed by atoms with Gasteiger partial charge in [0.1, 0.15) is 23.4 Å². The molecule has 1 aliphatic heterocycles. The Hall–Kier alpha value is -2.46. The molecule has 0 fully saturated rings. The molecule has 1 aliphatic rings. The second-order valence-electron chi connectivity index (χ2n) is 6.13. The number of hydrogen-bond donors (Lipinski definition) is 1. The summed E-state index contributed by atoms with van der Waals surface area (Å²) in [7, 11) is 0. The fourth-order valence-electron chi connectivity index (χ4n) is 3.07. The zero-order valence-electron chi connectivity index (χ0n) is 14.6. The van der Waals surface area contributed by atoms with Gasteiger partial charge in [-0.2, -0.15) is 0 Å². The zero-order valence-corrected chi connectivity index (χ0v) is 14.4. The summed E-state index contributed by atoms with van der Waals surface area (Å²) < 4.78 is 27.8. The number of halogens is 1. The molecule has 0 saturated carbocycles. The van der Waals surface area contributed by atoms with Gasteiger partial charge < -0.3 is 9.85 Å². The third kappa shape index (κ3) is 3.10. The van der Waals surface area contributed by atoms with Crippen LogP contribution < -0.4 is 4.74 Å². The molecule has 1 N–H and O–H groups in total. The van der Waals surface area contributed by atoms with Gasteiger partial charge in [-0.15, -0.1) is 11.8 Å². The fraction of sp³-hybridized carbons (Fsp3) is 0.143. The first-order chi connectivity index (χ1) is 12.7. The van der Waals surface area contributed by atoms with E-state index < -0.39 is 0 Å². The van der Waals surface area contributed by atoms with Crippen LogP contribution in [0.5, 0.6) is 11.5 Å². The number of ether oxygens (including phenoxy) is 1. The van der Waals surface area contributed by atoms with Gasteiger partial charge >= 0.3 is 0 Å². The van der Waals surface area contributed by atoms with E-state index in [2.05, 4.69) is 5.11 Å². The molecule has 126 valence electrons. The van der Waals surface area contributed by atoms with Crippen LogP contribution in [0.25, 0.3) is 0 Å². The molecule has 3 aromatic carbocycles. The summed E-state index contributed by atoms with van der Waals surface area (Å²) in [5.74, 6) is 0.795. The molecule has 2 atom stereocenters. The van der Waals surface area contributed by atoms with Gasteiger partial charge in [-0.25, -0.2) is 4.39 Å². The minimum Gasteiger partial charge on any atom is -0.508 e. The van der Waals surface area contributed by atoms with Crippen LogP contribution in [-0.2, 0) is 0 Å². The Balaban J connectivity index is 1.80. The molecule has 0 amide bonds. The molecule has 4 rings (SSSR count). The molecule has 3 aromatic rings. The van der Waals surface area contributed by atoms with Gasteiger partial charge in [-0.05, 0) is 47.9 Å². The average molecular weight is 354 g/mol. The molecule has 0 aliphatic carbocycles. The van der Waals surface area contributed by atoms with E-state index in [9.17, 15) is 4.39 Å². The Morgan fingerprint density at radius 1 is 1.04 bits per heavy atom. The van der Waals surface area contributed by atoms with Crippen LogP contribution in [0.2, 0.25) is 0 Å². The van der Waals surface area contributed by atoms with Crippen molar-refractivity contribution >= 4 is 11.8 Å². The molecule has 0 radical (unpaired) electrons. The van der Waals surface area contributed by atoms with Crippen molar-refractivity contribution < 1.29 is 14.2 Å². The highest BCUT2D eigenvalue weighted by molar-refractivity contribution is 7.99. The highest BCUT2D eigenvalue weighted by Crippen LogP contribution is 2.54. The van der Waals surface area contributed by atoms with Crippen LogP contribution in [0.3, 0.4) is 0 Å². The monoisotopic (exact) mass is 354 g/mol.